The first kappa shape index (κ1) is 12.8. The molecule has 1 fully saturated rings. The van der Waals surface area contributed by atoms with E-state index >= 15 is 0 Å². The van der Waals surface area contributed by atoms with Crippen LogP contribution in [0.2, 0.25) is 0 Å². The first-order valence-electron chi connectivity index (χ1n) is 7.02. The molecule has 4 heteroatoms. The summed E-state index contributed by atoms with van der Waals surface area (Å²) < 4.78 is 0. The van der Waals surface area contributed by atoms with Gasteiger partial charge in [-0.2, -0.15) is 0 Å². The Morgan fingerprint density at radius 3 is 2.45 bits per heavy atom. The van der Waals surface area contributed by atoms with Crippen molar-refractivity contribution in [3.63, 3.8) is 0 Å². The van der Waals surface area contributed by atoms with Crippen molar-refractivity contribution in [3.05, 3.63) is 54.4 Å². The molecule has 1 aliphatic heterocycles. The minimum absolute atomic E-state index is 0.220. The fourth-order valence-electron chi connectivity index (χ4n) is 2.61. The SMILES string of the molecule is O=C(Cc1cc[nH]c1)N1CCN(c2ccccc2)CC1. The molecule has 1 saturated heterocycles. The van der Waals surface area contributed by atoms with Crippen LogP contribution in [-0.4, -0.2) is 42.0 Å². The predicted octanol–water partition coefficient (Wildman–Crippen LogP) is 1.91. The molecule has 0 aliphatic carbocycles. The molecule has 0 atom stereocenters. The zero-order chi connectivity index (χ0) is 13.8. The van der Waals surface area contributed by atoms with E-state index in [1.165, 1.54) is 5.69 Å². The van der Waals surface area contributed by atoms with Crippen LogP contribution in [0.5, 0.6) is 0 Å². The molecule has 0 spiro atoms. The quantitative estimate of drug-likeness (QED) is 0.924. The van der Waals surface area contributed by atoms with Gasteiger partial charge >= 0.3 is 0 Å². The number of aromatic nitrogens is 1. The minimum Gasteiger partial charge on any atom is -0.368 e. The van der Waals surface area contributed by atoms with Crippen molar-refractivity contribution in [2.45, 2.75) is 6.42 Å². The molecule has 1 aliphatic rings. The Morgan fingerprint density at radius 2 is 1.80 bits per heavy atom. The second-order valence-corrected chi connectivity index (χ2v) is 5.10. The van der Waals surface area contributed by atoms with Crippen molar-refractivity contribution in [1.29, 1.82) is 0 Å². The highest BCUT2D eigenvalue weighted by Crippen LogP contribution is 2.16. The van der Waals surface area contributed by atoms with E-state index in [0.29, 0.717) is 6.42 Å². The summed E-state index contributed by atoms with van der Waals surface area (Å²) in [4.78, 5) is 19.5. The first-order valence-corrected chi connectivity index (χ1v) is 7.02. The topological polar surface area (TPSA) is 39.3 Å². The van der Waals surface area contributed by atoms with Gasteiger partial charge in [-0.15, -0.1) is 0 Å². The smallest absolute Gasteiger partial charge is 0.227 e. The Morgan fingerprint density at radius 1 is 1.05 bits per heavy atom. The lowest BCUT2D eigenvalue weighted by atomic mass is 10.2. The summed E-state index contributed by atoms with van der Waals surface area (Å²) in [6.45, 7) is 3.42. The number of piperazine rings is 1. The van der Waals surface area contributed by atoms with Gasteiger partial charge in [-0.3, -0.25) is 4.79 Å². The highest BCUT2D eigenvalue weighted by molar-refractivity contribution is 5.79. The van der Waals surface area contributed by atoms with Crippen molar-refractivity contribution in [2.75, 3.05) is 31.1 Å². The number of nitrogens with zero attached hydrogens (tertiary/aromatic N) is 2. The fraction of sp³-hybridized carbons (Fsp3) is 0.312. The summed E-state index contributed by atoms with van der Waals surface area (Å²) in [6, 6.07) is 12.3. The Bertz CT molecular complexity index is 542. The lowest BCUT2D eigenvalue weighted by Crippen LogP contribution is -2.49. The molecule has 3 rings (SSSR count). The van der Waals surface area contributed by atoms with E-state index in [2.05, 4.69) is 34.1 Å². The zero-order valence-corrected chi connectivity index (χ0v) is 11.5. The van der Waals surface area contributed by atoms with Crippen molar-refractivity contribution in [3.8, 4) is 0 Å². The maximum atomic E-state index is 12.2. The molecule has 0 saturated carbocycles. The highest BCUT2D eigenvalue weighted by atomic mass is 16.2. The Labute approximate surface area is 119 Å². The molecule has 0 unspecified atom stereocenters. The second-order valence-electron chi connectivity index (χ2n) is 5.10. The van der Waals surface area contributed by atoms with Crippen LogP contribution in [0, 0.1) is 0 Å². The van der Waals surface area contributed by atoms with E-state index in [9.17, 15) is 4.79 Å². The van der Waals surface area contributed by atoms with Crippen LogP contribution in [0.25, 0.3) is 0 Å². The molecule has 1 amide bonds. The number of para-hydroxylation sites is 1. The van der Waals surface area contributed by atoms with E-state index in [1.807, 2.05) is 29.4 Å². The molecule has 0 radical (unpaired) electrons. The van der Waals surface area contributed by atoms with Gasteiger partial charge in [-0.25, -0.2) is 0 Å². The number of rotatable bonds is 3. The molecule has 104 valence electrons. The average molecular weight is 269 g/mol. The molecule has 20 heavy (non-hydrogen) atoms. The first-order chi connectivity index (χ1) is 9.83. The zero-order valence-electron chi connectivity index (χ0n) is 11.5. The third kappa shape index (κ3) is 2.85. The lowest BCUT2D eigenvalue weighted by Gasteiger charge is -2.36. The standard InChI is InChI=1S/C16H19N3O/c20-16(12-14-6-7-17-13-14)19-10-8-18(9-11-19)15-4-2-1-3-5-15/h1-7,13,17H,8-12H2. The van der Waals surface area contributed by atoms with Crippen LogP contribution < -0.4 is 4.90 Å². The van der Waals surface area contributed by atoms with E-state index in [1.54, 1.807) is 0 Å². The number of hydrogen-bond acceptors (Lipinski definition) is 2. The number of carbonyl (C=O) groups excluding carboxylic acids is 1. The molecule has 0 bridgehead atoms. The summed E-state index contributed by atoms with van der Waals surface area (Å²) in [5.41, 5.74) is 2.30. The Kier molecular flexibility index (Phi) is 3.72. The van der Waals surface area contributed by atoms with Crippen LogP contribution >= 0.6 is 0 Å². The number of H-pyrrole nitrogens is 1. The van der Waals surface area contributed by atoms with Crippen molar-refractivity contribution in [1.82, 2.24) is 9.88 Å². The summed E-state index contributed by atoms with van der Waals surface area (Å²) in [6.07, 6.45) is 4.24. The third-order valence-corrected chi connectivity index (χ3v) is 3.77. The van der Waals surface area contributed by atoms with Crippen molar-refractivity contribution >= 4 is 11.6 Å². The van der Waals surface area contributed by atoms with E-state index < -0.39 is 0 Å². The van der Waals surface area contributed by atoms with Crippen LogP contribution in [0.4, 0.5) is 5.69 Å². The van der Waals surface area contributed by atoms with Crippen LogP contribution in [0.15, 0.2) is 48.8 Å². The number of hydrogen-bond donors (Lipinski definition) is 1. The van der Waals surface area contributed by atoms with Gasteiger partial charge in [0.15, 0.2) is 0 Å². The van der Waals surface area contributed by atoms with Gasteiger partial charge in [0, 0.05) is 44.3 Å². The molecule has 4 nitrogen and oxygen atoms in total. The fourth-order valence-corrected chi connectivity index (χ4v) is 2.61. The Hall–Kier alpha value is -2.23. The van der Waals surface area contributed by atoms with Gasteiger partial charge < -0.3 is 14.8 Å². The van der Waals surface area contributed by atoms with Gasteiger partial charge in [-0.1, -0.05) is 18.2 Å². The number of aromatic amines is 1. The Balaban J connectivity index is 1.54. The monoisotopic (exact) mass is 269 g/mol. The maximum absolute atomic E-state index is 12.2. The van der Waals surface area contributed by atoms with Gasteiger partial charge in [0.25, 0.3) is 0 Å². The summed E-state index contributed by atoms with van der Waals surface area (Å²) in [7, 11) is 0. The molecular formula is C16H19N3O. The summed E-state index contributed by atoms with van der Waals surface area (Å²) in [5, 5.41) is 0. The molecule has 2 heterocycles. The highest BCUT2D eigenvalue weighted by Gasteiger charge is 2.21. The molecule has 1 N–H and O–H groups in total. The molecular weight excluding hydrogens is 250 g/mol. The predicted molar refractivity (Wildman–Crippen MR) is 79.7 cm³/mol. The van der Waals surface area contributed by atoms with Gasteiger partial charge in [0.1, 0.15) is 0 Å². The minimum atomic E-state index is 0.220. The van der Waals surface area contributed by atoms with Gasteiger partial charge in [-0.05, 0) is 23.8 Å². The third-order valence-electron chi connectivity index (χ3n) is 3.77. The van der Waals surface area contributed by atoms with Crippen LogP contribution in [0.1, 0.15) is 5.56 Å². The molecule has 1 aromatic heterocycles. The second kappa shape index (κ2) is 5.82. The van der Waals surface area contributed by atoms with Gasteiger partial charge in [0.2, 0.25) is 5.91 Å². The van der Waals surface area contributed by atoms with Gasteiger partial charge in [0.05, 0.1) is 6.42 Å². The number of nitrogens with one attached hydrogen (secondary N) is 1. The average Bonchev–Trinajstić information content (AvgIpc) is 3.01. The van der Waals surface area contributed by atoms with Crippen molar-refractivity contribution < 1.29 is 4.79 Å². The molecule has 2 aromatic rings. The number of benzene rings is 1. The normalized spacial score (nSPS) is 15.4. The van der Waals surface area contributed by atoms with E-state index in [0.717, 1.165) is 31.7 Å². The summed E-state index contributed by atoms with van der Waals surface area (Å²) in [5.74, 6) is 0.220. The largest absolute Gasteiger partial charge is 0.368 e. The number of anilines is 1. The van der Waals surface area contributed by atoms with E-state index in [4.69, 9.17) is 0 Å². The van der Waals surface area contributed by atoms with E-state index in [-0.39, 0.29) is 5.91 Å². The summed E-state index contributed by atoms with van der Waals surface area (Å²) >= 11 is 0. The maximum Gasteiger partial charge on any atom is 0.227 e. The molecule has 1 aromatic carbocycles. The van der Waals surface area contributed by atoms with Crippen LogP contribution in [0.3, 0.4) is 0 Å². The van der Waals surface area contributed by atoms with Crippen molar-refractivity contribution in [2.24, 2.45) is 0 Å². The van der Waals surface area contributed by atoms with Crippen LogP contribution in [-0.2, 0) is 11.2 Å². The number of carbonyl (C=O) groups is 1. The lowest BCUT2D eigenvalue weighted by molar-refractivity contribution is -0.130. The number of amides is 1.